The Balaban J connectivity index is 3.01. The molecule has 0 atom stereocenters. The van der Waals surface area contributed by atoms with Gasteiger partial charge in [-0.2, -0.15) is 0 Å². The highest BCUT2D eigenvalue weighted by atomic mass is 35.5. The van der Waals surface area contributed by atoms with Crippen LogP contribution in [0.2, 0.25) is 5.02 Å². The Morgan fingerprint density at radius 3 is 1.94 bits per heavy atom. The standard InChI is InChI=1S/C15H23Cl/c1-14(2,3)10-11-7-8-12(9-13(11)16)15(4,5)6/h7-9H,10H2,1-6H3. The molecule has 0 aliphatic carbocycles. The largest absolute Gasteiger partial charge is 0.0840 e. The van der Waals surface area contributed by atoms with Crippen molar-refractivity contribution in [1.82, 2.24) is 0 Å². The molecule has 0 saturated heterocycles. The minimum absolute atomic E-state index is 0.171. The first-order valence-corrected chi connectivity index (χ1v) is 6.26. The maximum atomic E-state index is 6.34. The Hall–Kier alpha value is -0.490. The number of rotatable bonds is 1. The van der Waals surface area contributed by atoms with E-state index in [1.807, 2.05) is 0 Å². The molecule has 0 bridgehead atoms. The first-order valence-electron chi connectivity index (χ1n) is 5.88. The molecule has 0 aromatic heterocycles. The molecular formula is C15H23Cl. The Morgan fingerprint density at radius 1 is 1.00 bits per heavy atom. The minimum atomic E-state index is 0.171. The van der Waals surface area contributed by atoms with E-state index in [0.29, 0.717) is 0 Å². The fourth-order valence-electron chi connectivity index (χ4n) is 1.73. The summed E-state index contributed by atoms with van der Waals surface area (Å²) in [4.78, 5) is 0. The zero-order valence-corrected chi connectivity index (χ0v) is 12.1. The van der Waals surface area contributed by atoms with Gasteiger partial charge in [0.05, 0.1) is 0 Å². The van der Waals surface area contributed by atoms with E-state index in [2.05, 4.69) is 59.7 Å². The van der Waals surface area contributed by atoms with Crippen molar-refractivity contribution < 1.29 is 0 Å². The molecule has 16 heavy (non-hydrogen) atoms. The summed E-state index contributed by atoms with van der Waals surface area (Å²) in [5.41, 5.74) is 3.01. The number of benzene rings is 1. The Morgan fingerprint density at radius 2 is 1.56 bits per heavy atom. The van der Waals surface area contributed by atoms with E-state index in [-0.39, 0.29) is 10.8 Å². The SMILES string of the molecule is CC(C)(C)Cc1ccc(C(C)(C)C)cc1Cl. The summed E-state index contributed by atoms with van der Waals surface area (Å²) in [6, 6.07) is 6.49. The lowest BCUT2D eigenvalue weighted by Crippen LogP contribution is -2.13. The van der Waals surface area contributed by atoms with Crippen molar-refractivity contribution in [3.05, 3.63) is 34.3 Å². The summed E-state index contributed by atoms with van der Waals surface area (Å²) < 4.78 is 0. The molecule has 0 nitrogen and oxygen atoms in total. The Kier molecular flexibility index (Phi) is 3.74. The summed E-state index contributed by atoms with van der Waals surface area (Å²) in [6.07, 6.45) is 1.02. The predicted octanol–water partition coefficient (Wildman–Crippen LogP) is 5.23. The van der Waals surface area contributed by atoms with Crippen molar-refractivity contribution in [2.45, 2.75) is 53.4 Å². The van der Waals surface area contributed by atoms with Crippen LogP contribution in [0.25, 0.3) is 0 Å². The number of hydrogen-bond donors (Lipinski definition) is 0. The molecule has 1 aromatic rings. The number of halogens is 1. The monoisotopic (exact) mass is 238 g/mol. The number of hydrogen-bond acceptors (Lipinski definition) is 0. The van der Waals surface area contributed by atoms with Crippen molar-refractivity contribution in [1.29, 1.82) is 0 Å². The predicted molar refractivity (Wildman–Crippen MR) is 73.3 cm³/mol. The van der Waals surface area contributed by atoms with Gasteiger partial charge < -0.3 is 0 Å². The average Bonchev–Trinajstić information content (AvgIpc) is 2.04. The second-order valence-corrected chi connectivity index (χ2v) is 7.20. The molecule has 1 aromatic carbocycles. The van der Waals surface area contributed by atoms with Crippen LogP contribution >= 0.6 is 11.6 Å². The van der Waals surface area contributed by atoms with E-state index in [9.17, 15) is 0 Å². The molecule has 90 valence electrons. The summed E-state index contributed by atoms with van der Waals surface area (Å²) in [5, 5.41) is 0.905. The van der Waals surface area contributed by atoms with Gasteiger partial charge in [-0.1, -0.05) is 65.3 Å². The van der Waals surface area contributed by atoms with Crippen molar-refractivity contribution >= 4 is 11.6 Å². The molecule has 1 heteroatoms. The molecular weight excluding hydrogens is 216 g/mol. The van der Waals surface area contributed by atoms with Gasteiger partial charge in [0.25, 0.3) is 0 Å². The van der Waals surface area contributed by atoms with Gasteiger partial charge in [-0.05, 0) is 34.4 Å². The molecule has 0 unspecified atom stereocenters. The van der Waals surface area contributed by atoms with Crippen LogP contribution in [0.5, 0.6) is 0 Å². The van der Waals surface area contributed by atoms with Crippen molar-refractivity contribution in [2.24, 2.45) is 5.41 Å². The Bertz CT molecular complexity index is 364. The van der Waals surface area contributed by atoms with E-state index in [4.69, 9.17) is 11.6 Å². The van der Waals surface area contributed by atoms with Crippen LogP contribution in [-0.4, -0.2) is 0 Å². The van der Waals surface area contributed by atoms with Crippen LogP contribution in [0.3, 0.4) is 0 Å². The van der Waals surface area contributed by atoms with Gasteiger partial charge in [0.1, 0.15) is 0 Å². The van der Waals surface area contributed by atoms with Crippen LogP contribution in [-0.2, 0) is 11.8 Å². The van der Waals surface area contributed by atoms with Gasteiger partial charge in [-0.15, -0.1) is 0 Å². The van der Waals surface area contributed by atoms with E-state index in [1.54, 1.807) is 0 Å². The molecule has 0 radical (unpaired) electrons. The first-order chi connectivity index (χ1) is 7.09. The van der Waals surface area contributed by atoms with Crippen molar-refractivity contribution in [3.63, 3.8) is 0 Å². The maximum Gasteiger partial charge on any atom is 0.0441 e. The first kappa shape index (κ1) is 13.6. The van der Waals surface area contributed by atoms with E-state index in [1.165, 1.54) is 11.1 Å². The van der Waals surface area contributed by atoms with Crippen molar-refractivity contribution in [3.8, 4) is 0 Å². The molecule has 0 spiro atoms. The highest BCUT2D eigenvalue weighted by Gasteiger charge is 2.17. The molecule has 0 saturated carbocycles. The van der Waals surface area contributed by atoms with Crippen LogP contribution < -0.4 is 0 Å². The van der Waals surface area contributed by atoms with Gasteiger partial charge in [0.15, 0.2) is 0 Å². The third-order valence-electron chi connectivity index (χ3n) is 2.64. The highest BCUT2D eigenvalue weighted by molar-refractivity contribution is 6.31. The van der Waals surface area contributed by atoms with Gasteiger partial charge in [0, 0.05) is 5.02 Å². The van der Waals surface area contributed by atoms with E-state index in [0.717, 1.165) is 11.4 Å². The molecule has 0 amide bonds. The van der Waals surface area contributed by atoms with E-state index >= 15 is 0 Å². The molecule has 1 rings (SSSR count). The van der Waals surface area contributed by atoms with Crippen LogP contribution in [0.15, 0.2) is 18.2 Å². The molecule has 0 aliphatic rings. The molecule has 0 aliphatic heterocycles. The fourth-order valence-corrected chi connectivity index (χ4v) is 1.98. The lowest BCUT2D eigenvalue weighted by molar-refractivity contribution is 0.411. The fraction of sp³-hybridized carbons (Fsp3) is 0.600. The van der Waals surface area contributed by atoms with Gasteiger partial charge in [0.2, 0.25) is 0 Å². The van der Waals surface area contributed by atoms with Crippen LogP contribution in [0.4, 0.5) is 0 Å². The third-order valence-corrected chi connectivity index (χ3v) is 2.99. The van der Waals surface area contributed by atoms with Gasteiger partial charge in [-0.25, -0.2) is 0 Å². The third kappa shape index (κ3) is 3.83. The second kappa shape index (κ2) is 4.41. The molecule has 0 N–H and O–H groups in total. The highest BCUT2D eigenvalue weighted by Crippen LogP contribution is 2.30. The molecule has 0 fully saturated rings. The maximum absolute atomic E-state index is 6.34. The average molecular weight is 239 g/mol. The lowest BCUT2D eigenvalue weighted by Gasteiger charge is -2.22. The second-order valence-electron chi connectivity index (χ2n) is 6.79. The lowest BCUT2D eigenvalue weighted by atomic mass is 9.84. The van der Waals surface area contributed by atoms with Gasteiger partial charge >= 0.3 is 0 Å². The summed E-state index contributed by atoms with van der Waals surface area (Å²) in [6.45, 7) is 13.3. The van der Waals surface area contributed by atoms with Gasteiger partial charge in [-0.3, -0.25) is 0 Å². The molecule has 0 heterocycles. The quantitative estimate of drug-likeness (QED) is 0.629. The Labute approximate surface area is 105 Å². The van der Waals surface area contributed by atoms with Crippen LogP contribution in [0, 0.1) is 5.41 Å². The van der Waals surface area contributed by atoms with Crippen molar-refractivity contribution in [2.75, 3.05) is 0 Å². The van der Waals surface area contributed by atoms with Crippen LogP contribution in [0.1, 0.15) is 52.7 Å². The summed E-state index contributed by atoms with van der Waals surface area (Å²) in [7, 11) is 0. The minimum Gasteiger partial charge on any atom is -0.0840 e. The zero-order chi connectivity index (χ0) is 12.6. The zero-order valence-electron chi connectivity index (χ0n) is 11.3. The topological polar surface area (TPSA) is 0 Å². The summed E-state index contributed by atoms with van der Waals surface area (Å²) in [5.74, 6) is 0. The van der Waals surface area contributed by atoms with E-state index < -0.39 is 0 Å². The summed E-state index contributed by atoms with van der Waals surface area (Å²) >= 11 is 6.34. The smallest absolute Gasteiger partial charge is 0.0441 e. The normalized spacial score (nSPS) is 12.9.